The lowest BCUT2D eigenvalue weighted by Gasteiger charge is -2.09. The SMILES string of the molecule is Cc1ccsc1CNCc1cccc(C)c1C. The number of benzene rings is 1. The molecule has 2 aromatic rings. The summed E-state index contributed by atoms with van der Waals surface area (Å²) in [6.07, 6.45) is 0. The second-order valence-corrected chi connectivity index (χ2v) is 5.49. The van der Waals surface area contributed by atoms with Gasteiger partial charge in [0, 0.05) is 18.0 Å². The van der Waals surface area contributed by atoms with Crippen LogP contribution in [0.15, 0.2) is 29.6 Å². The number of hydrogen-bond donors (Lipinski definition) is 1. The summed E-state index contributed by atoms with van der Waals surface area (Å²) in [7, 11) is 0. The predicted molar refractivity (Wildman–Crippen MR) is 75.5 cm³/mol. The molecule has 0 amide bonds. The molecule has 0 saturated carbocycles. The van der Waals surface area contributed by atoms with Crippen LogP contribution in [-0.4, -0.2) is 0 Å². The minimum atomic E-state index is 0.949. The van der Waals surface area contributed by atoms with Gasteiger partial charge in [0.15, 0.2) is 0 Å². The minimum absolute atomic E-state index is 0.949. The molecule has 90 valence electrons. The van der Waals surface area contributed by atoms with Crippen molar-refractivity contribution in [2.45, 2.75) is 33.9 Å². The summed E-state index contributed by atoms with van der Waals surface area (Å²) in [5.74, 6) is 0. The van der Waals surface area contributed by atoms with Crippen molar-refractivity contribution in [3.63, 3.8) is 0 Å². The lowest BCUT2D eigenvalue weighted by molar-refractivity contribution is 0.695. The average molecular weight is 245 g/mol. The Bertz CT molecular complexity index is 499. The molecule has 0 unspecified atom stereocenters. The molecule has 0 spiro atoms. The smallest absolute Gasteiger partial charge is 0.0305 e. The molecule has 1 aromatic heterocycles. The normalized spacial score (nSPS) is 10.8. The van der Waals surface area contributed by atoms with E-state index in [0.29, 0.717) is 0 Å². The maximum absolute atomic E-state index is 3.52. The molecule has 0 aliphatic rings. The summed E-state index contributed by atoms with van der Waals surface area (Å²) in [6, 6.07) is 8.69. The fourth-order valence-corrected chi connectivity index (χ4v) is 2.78. The van der Waals surface area contributed by atoms with Crippen LogP contribution < -0.4 is 5.32 Å². The number of hydrogen-bond acceptors (Lipinski definition) is 2. The highest BCUT2D eigenvalue weighted by Gasteiger charge is 2.02. The van der Waals surface area contributed by atoms with E-state index in [-0.39, 0.29) is 0 Å². The van der Waals surface area contributed by atoms with Gasteiger partial charge in [-0.25, -0.2) is 0 Å². The number of aryl methyl sites for hydroxylation is 2. The van der Waals surface area contributed by atoms with Crippen LogP contribution in [0.2, 0.25) is 0 Å². The van der Waals surface area contributed by atoms with Crippen LogP contribution in [0.3, 0.4) is 0 Å². The molecule has 1 aromatic carbocycles. The zero-order chi connectivity index (χ0) is 12.3. The largest absolute Gasteiger partial charge is 0.308 e. The van der Waals surface area contributed by atoms with Gasteiger partial charge in [0.1, 0.15) is 0 Å². The Morgan fingerprint density at radius 3 is 2.53 bits per heavy atom. The van der Waals surface area contributed by atoms with E-state index in [1.54, 1.807) is 0 Å². The number of nitrogens with one attached hydrogen (secondary N) is 1. The molecule has 2 heteroatoms. The molecule has 0 aliphatic heterocycles. The summed E-state index contributed by atoms with van der Waals surface area (Å²) in [6.45, 7) is 8.46. The van der Waals surface area contributed by atoms with E-state index in [1.807, 2.05) is 11.3 Å². The Balaban J connectivity index is 1.95. The highest BCUT2D eigenvalue weighted by Crippen LogP contribution is 2.16. The molecule has 0 fully saturated rings. The first-order valence-electron chi connectivity index (χ1n) is 5.97. The second-order valence-electron chi connectivity index (χ2n) is 4.49. The van der Waals surface area contributed by atoms with Crippen molar-refractivity contribution in [1.82, 2.24) is 5.32 Å². The zero-order valence-corrected chi connectivity index (χ0v) is 11.5. The van der Waals surface area contributed by atoms with E-state index >= 15 is 0 Å². The van der Waals surface area contributed by atoms with E-state index in [4.69, 9.17) is 0 Å². The van der Waals surface area contributed by atoms with Crippen molar-refractivity contribution in [1.29, 1.82) is 0 Å². The van der Waals surface area contributed by atoms with E-state index in [0.717, 1.165) is 13.1 Å². The molecular weight excluding hydrogens is 226 g/mol. The Morgan fingerprint density at radius 1 is 1.00 bits per heavy atom. The summed E-state index contributed by atoms with van der Waals surface area (Å²) >= 11 is 1.83. The number of rotatable bonds is 4. The molecule has 1 N–H and O–H groups in total. The third kappa shape index (κ3) is 2.96. The maximum atomic E-state index is 3.52. The van der Waals surface area contributed by atoms with Gasteiger partial charge in [-0.1, -0.05) is 18.2 Å². The fraction of sp³-hybridized carbons (Fsp3) is 0.333. The quantitative estimate of drug-likeness (QED) is 0.859. The van der Waals surface area contributed by atoms with Gasteiger partial charge in [0.25, 0.3) is 0 Å². The molecule has 2 rings (SSSR count). The molecular formula is C15H19NS. The third-order valence-corrected chi connectivity index (χ3v) is 4.31. The summed E-state index contributed by atoms with van der Waals surface area (Å²) < 4.78 is 0. The highest BCUT2D eigenvalue weighted by atomic mass is 32.1. The van der Waals surface area contributed by atoms with Gasteiger partial charge in [0.05, 0.1) is 0 Å². The monoisotopic (exact) mass is 245 g/mol. The van der Waals surface area contributed by atoms with Gasteiger partial charge < -0.3 is 5.32 Å². The van der Waals surface area contributed by atoms with Crippen molar-refractivity contribution in [2.75, 3.05) is 0 Å². The minimum Gasteiger partial charge on any atom is -0.308 e. The zero-order valence-electron chi connectivity index (χ0n) is 10.7. The summed E-state index contributed by atoms with van der Waals surface area (Å²) in [5.41, 5.74) is 5.57. The van der Waals surface area contributed by atoms with Crippen LogP contribution in [0.4, 0.5) is 0 Å². The molecule has 0 aliphatic carbocycles. The fourth-order valence-electron chi connectivity index (χ4n) is 1.90. The van der Waals surface area contributed by atoms with Crippen LogP contribution in [0.5, 0.6) is 0 Å². The van der Waals surface area contributed by atoms with E-state index in [1.165, 1.54) is 27.1 Å². The lowest BCUT2D eigenvalue weighted by Crippen LogP contribution is -2.13. The molecule has 0 saturated heterocycles. The third-order valence-electron chi connectivity index (χ3n) is 3.29. The van der Waals surface area contributed by atoms with Crippen LogP contribution >= 0.6 is 11.3 Å². The number of thiophene rings is 1. The van der Waals surface area contributed by atoms with Crippen molar-refractivity contribution >= 4 is 11.3 Å². The van der Waals surface area contributed by atoms with Crippen LogP contribution in [0.25, 0.3) is 0 Å². The first-order valence-corrected chi connectivity index (χ1v) is 6.85. The molecule has 1 heterocycles. The maximum Gasteiger partial charge on any atom is 0.0305 e. The van der Waals surface area contributed by atoms with Gasteiger partial charge in [-0.2, -0.15) is 0 Å². The van der Waals surface area contributed by atoms with Crippen molar-refractivity contribution in [3.8, 4) is 0 Å². The Hall–Kier alpha value is -1.12. The molecule has 17 heavy (non-hydrogen) atoms. The Kier molecular flexibility index (Phi) is 3.97. The Labute approximate surface area is 108 Å². The van der Waals surface area contributed by atoms with Crippen LogP contribution in [0, 0.1) is 20.8 Å². The van der Waals surface area contributed by atoms with Gasteiger partial charge in [0.2, 0.25) is 0 Å². The molecule has 1 nitrogen and oxygen atoms in total. The topological polar surface area (TPSA) is 12.0 Å². The summed E-state index contributed by atoms with van der Waals surface area (Å²) in [4.78, 5) is 1.44. The first kappa shape index (κ1) is 12.3. The standard InChI is InChI=1S/C15H19NS/c1-11-5-4-6-14(13(11)3)9-16-10-15-12(2)7-8-17-15/h4-8,16H,9-10H2,1-3H3. The van der Waals surface area contributed by atoms with Gasteiger partial charge >= 0.3 is 0 Å². The Morgan fingerprint density at radius 2 is 1.82 bits per heavy atom. The average Bonchev–Trinajstić information content (AvgIpc) is 2.71. The van der Waals surface area contributed by atoms with E-state index in [9.17, 15) is 0 Å². The van der Waals surface area contributed by atoms with Gasteiger partial charge in [-0.15, -0.1) is 11.3 Å². The summed E-state index contributed by atoms with van der Waals surface area (Å²) in [5, 5.41) is 5.68. The van der Waals surface area contributed by atoms with E-state index < -0.39 is 0 Å². The molecule has 0 bridgehead atoms. The van der Waals surface area contributed by atoms with Crippen LogP contribution in [-0.2, 0) is 13.1 Å². The molecule has 0 radical (unpaired) electrons. The lowest BCUT2D eigenvalue weighted by atomic mass is 10.0. The second kappa shape index (κ2) is 5.48. The van der Waals surface area contributed by atoms with Crippen LogP contribution in [0.1, 0.15) is 27.1 Å². The first-order chi connectivity index (χ1) is 8.18. The van der Waals surface area contributed by atoms with Crippen molar-refractivity contribution in [3.05, 3.63) is 56.8 Å². The van der Waals surface area contributed by atoms with E-state index in [2.05, 4.69) is 55.7 Å². The van der Waals surface area contributed by atoms with Crippen molar-refractivity contribution in [2.24, 2.45) is 0 Å². The van der Waals surface area contributed by atoms with Gasteiger partial charge in [-0.05, 0) is 54.5 Å². The predicted octanol–water partition coefficient (Wildman–Crippen LogP) is 3.96. The highest BCUT2D eigenvalue weighted by molar-refractivity contribution is 7.10. The molecule has 0 atom stereocenters. The van der Waals surface area contributed by atoms with Gasteiger partial charge in [-0.3, -0.25) is 0 Å². The van der Waals surface area contributed by atoms with Crippen molar-refractivity contribution < 1.29 is 0 Å².